The van der Waals surface area contributed by atoms with Gasteiger partial charge in [0, 0.05) is 53.4 Å². The topological polar surface area (TPSA) is 123 Å². The number of piperidine rings is 1. The van der Waals surface area contributed by atoms with Crippen LogP contribution >= 0.6 is 0 Å². The number of nitrogens with two attached hydrogens (primary N) is 1. The number of amides is 2. The number of sulfonamides is 1. The number of hydrogen-bond donors (Lipinski definition) is 2. The van der Waals surface area contributed by atoms with Gasteiger partial charge in [0.25, 0.3) is 0 Å². The predicted molar refractivity (Wildman–Crippen MR) is 115 cm³/mol. The third kappa shape index (κ3) is 5.02. The number of nitrogens with zero attached hydrogens (tertiary/aromatic N) is 5. The Morgan fingerprint density at radius 2 is 1.87 bits per heavy atom. The smallest absolute Gasteiger partial charge is 0.320 e. The minimum Gasteiger partial charge on any atom is -0.390 e. The molecular weight excluding hydrogens is 408 g/mol. The third-order valence-corrected chi connectivity index (χ3v) is 8.12. The second-order valence-electron chi connectivity index (χ2n) is 8.06. The Kier molecular flexibility index (Phi) is 7.17. The summed E-state index contributed by atoms with van der Waals surface area (Å²) in [5.41, 5.74) is 7.17. The first-order valence-corrected chi connectivity index (χ1v) is 11.8. The van der Waals surface area contributed by atoms with Crippen LogP contribution in [0.1, 0.15) is 18.5 Å². The second kappa shape index (κ2) is 9.46. The van der Waals surface area contributed by atoms with E-state index in [1.54, 1.807) is 30.1 Å². The second-order valence-corrected chi connectivity index (χ2v) is 10.5. The first-order valence-electron chi connectivity index (χ1n) is 10.3. The van der Waals surface area contributed by atoms with Crippen LogP contribution in [0, 0.1) is 0 Å². The van der Waals surface area contributed by atoms with Gasteiger partial charge in [-0.15, -0.1) is 0 Å². The zero-order valence-corrected chi connectivity index (χ0v) is 18.5. The van der Waals surface area contributed by atoms with Crippen LogP contribution in [0.25, 0.3) is 0 Å². The highest BCUT2D eigenvalue weighted by Gasteiger charge is 2.32. The first kappa shape index (κ1) is 22.7. The van der Waals surface area contributed by atoms with E-state index in [4.69, 9.17) is 5.73 Å². The van der Waals surface area contributed by atoms with Gasteiger partial charge in [-0.3, -0.25) is 4.98 Å². The standard InChI is InChI=1S/C19H32N6O4S/c1-22(2)30(28,29)18-5-7-23(8-6-18)16-4-3-15(21-12-16)13-24-9-10-25(19(24)27)14-17(26)11-20/h3-4,12,17-18,26H,5-11,13-14,20H2,1-2H3/t17-/m1/s1. The molecule has 2 fully saturated rings. The number of β-amino-alcohol motifs (C(OH)–C–C–N with tert-alkyl or cyclic N) is 1. The molecule has 1 aromatic heterocycles. The fraction of sp³-hybridized carbons (Fsp3) is 0.684. The highest BCUT2D eigenvalue weighted by molar-refractivity contribution is 7.89. The molecule has 1 atom stereocenters. The predicted octanol–water partition coefficient (Wildman–Crippen LogP) is -0.501. The summed E-state index contributed by atoms with van der Waals surface area (Å²) >= 11 is 0. The maximum absolute atomic E-state index is 12.4. The molecule has 2 aliphatic heterocycles. The summed E-state index contributed by atoms with van der Waals surface area (Å²) in [6, 6.07) is 3.76. The Morgan fingerprint density at radius 3 is 2.43 bits per heavy atom. The number of pyridine rings is 1. The van der Waals surface area contributed by atoms with E-state index >= 15 is 0 Å². The highest BCUT2D eigenvalue weighted by Crippen LogP contribution is 2.24. The molecule has 3 heterocycles. The number of aromatic nitrogens is 1. The zero-order valence-electron chi connectivity index (χ0n) is 17.6. The summed E-state index contributed by atoms with van der Waals surface area (Å²) in [5, 5.41) is 9.33. The molecule has 30 heavy (non-hydrogen) atoms. The van der Waals surface area contributed by atoms with E-state index in [-0.39, 0.29) is 24.4 Å². The molecule has 0 unspecified atom stereocenters. The molecule has 3 rings (SSSR count). The number of carbonyl (C=O) groups excluding carboxylic acids is 1. The van der Waals surface area contributed by atoms with Crippen LogP contribution in [0.4, 0.5) is 10.5 Å². The number of anilines is 1. The van der Waals surface area contributed by atoms with Crippen LogP contribution in [0.5, 0.6) is 0 Å². The van der Waals surface area contributed by atoms with E-state index in [0.29, 0.717) is 45.6 Å². The van der Waals surface area contributed by atoms with Crippen LogP contribution in [0.2, 0.25) is 0 Å². The van der Waals surface area contributed by atoms with Gasteiger partial charge in [0.2, 0.25) is 10.0 Å². The number of rotatable bonds is 8. The van der Waals surface area contributed by atoms with Crippen LogP contribution in [0.3, 0.4) is 0 Å². The van der Waals surface area contributed by atoms with Crippen molar-refractivity contribution in [3.8, 4) is 0 Å². The maximum atomic E-state index is 12.4. The number of aliphatic hydroxyl groups excluding tert-OH is 1. The highest BCUT2D eigenvalue weighted by atomic mass is 32.2. The van der Waals surface area contributed by atoms with Crippen molar-refractivity contribution in [2.45, 2.75) is 30.7 Å². The van der Waals surface area contributed by atoms with Gasteiger partial charge in [-0.25, -0.2) is 17.5 Å². The van der Waals surface area contributed by atoms with Crippen molar-refractivity contribution in [2.24, 2.45) is 5.73 Å². The quantitative estimate of drug-likeness (QED) is 0.558. The average Bonchev–Trinajstić information content (AvgIpc) is 3.07. The van der Waals surface area contributed by atoms with Crippen LogP contribution in [0.15, 0.2) is 18.3 Å². The summed E-state index contributed by atoms with van der Waals surface area (Å²) < 4.78 is 25.9. The maximum Gasteiger partial charge on any atom is 0.320 e. The Morgan fingerprint density at radius 1 is 1.20 bits per heavy atom. The lowest BCUT2D eigenvalue weighted by Crippen LogP contribution is -2.43. The number of aliphatic hydroxyl groups is 1. The lowest BCUT2D eigenvalue weighted by Gasteiger charge is -2.34. The Bertz CT molecular complexity index is 824. The molecule has 10 nitrogen and oxygen atoms in total. The van der Waals surface area contributed by atoms with Crippen molar-refractivity contribution in [1.82, 2.24) is 19.1 Å². The molecule has 0 aromatic carbocycles. The molecule has 0 saturated carbocycles. The van der Waals surface area contributed by atoms with Gasteiger partial charge >= 0.3 is 6.03 Å². The van der Waals surface area contributed by atoms with Crippen molar-refractivity contribution in [3.05, 3.63) is 24.0 Å². The number of carbonyl (C=O) groups is 1. The molecule has 2 aliphatic rings. The molecule has 0 spiro atoms. The van der Waals surface area contributed by atoms with E-state index in [0.717, 1.165) is 11.4 Å². The normalized spacial score (nSPS) is 19.8. The largest absolute Gasteiger partial charge is 0.390 e. The van der Waals surface area contributed by atoms with Gasteiger partial charge in [0.05, 0.1) is 35.5 Å². The summed E-state index contributed by atoms with van der Waals surface area (Å²) in [4.78, 5) is 22.4. The molecule has 0 radical (unpaired) electrons. The van der Waals surface area contributed by atoms with Crippen molar-refractivity contribution < 1.29 is 18.3 Å². The van der Waals surface area contributed by atoms with Gasteiger partial charge in [0.1, 0.15) is 0 Å². The van der Waals surface area contributed by atoms with E-state index in [1.807, 2.05) is 12.1 Å². The fourth-order valence-corrected chi connectivity index (χ4v) is 5.28. The SMILES string of the molecule is CN(C)S(=O)(=O)C1CCN(c2ccc(CN3CCN(C[C@H](O)CN)C3=O)nc2)CC1. The van der Waals surface area contributed by atoms with Gasteiger partial charge in [-0.05, 0) is 25.0 Å². The minimum atomic E-state index is -3.22. The van der Waals surface area contributed by atoms with Crippen molar-refractivity contribution in [1.29, 1.82) is 0 Å². The van der Waals surface area contributed by atoms with E-state index in [9.17, 15) is 18.3 Å². The molecule has 11 heteroatoms. The van der Waals surface area contributed by atoms with Crippen LogP contribution < -0.4 is 10.6 Å². The van der Waals surface area contributed by atoms with E-state index in [1.165, 1.54) is 4.31 Å². The minimum absolute atomic E-state index is 0.113. The molecular formula is C19H32N6O4S. The van der Waals surface area contributed by atoms with Gasteiger partial charge < -0.3 is 25.5 Å². The van der Waals surface area contributed by atoms with Gasteiger partial charge in [-0.1, -0.05) is 0 Å². The molecule has 0 aliphatic carbocycles. The van der Waals surface area contributed by atoms with Gasteiger partial charge in [0.15, 0.2) is 0 Å². The molecule has 2 amide bonds. The summed E-state index contributed by atoms with van der Waals surface area (Å²) in [7, 11) is -0.0611. The summed E-state index contributed by atoms with van der Waals surface area (Å²) in [6.45, 7) is 3.29. The molecule has 3 N–H and O–H groups in total. The summed E-state index contributed by atoms with van der Waals surface area (Å²) in [6.07, 6.45) is 2.26. The Labute approximate surface area is 178 Å². The van der Waals surface area contributed by atoms with Crippen molar-refractivity contribution in [3.63, 3.8) is 0 Å². The Balaban J connectivity index is 1.53. The summed E-state index contributed by atoms with van der Waals surface area (Å²) in [5.74, 6) is 0. The first-order chi connectivity index (χ1) is 14.2. The molecule has 2 saturated heterocycles. The zero-order chi connectivity index (χ0) is 21.9. The molecule has 0 bridgehead atoms. The van der Waals surface area contributed by atoms with Crippen molar-refractivity contribution >= 4 is 21.7 Å². The van der Waals surface area contributed by atoms with Crippen LogP contribution in [-0.2, 0) is 16.6 Å². The monoisotopic (exact) mass is 440 g/mol. The van der Waals surface area contributed by atoms with E-state index in [2.05, 4.69) is 9.88 Å². The average molecular weight is 441 g/mol. The number of urea groups is 1. The third-order valence-electron chi connectivity index (χ3n) is 5.78. The lowest BCUT2D eigenvalue weighted by atomic mass is 10.1. The number of hydrogen-bond acceptors (Lipinski definition) is 7. The molecule has 1 aromatic rings. The lowest BCUT2D eigenvalue weighted by molar-refractivity contribution is 0.132. The van der Waals surface area contributed by atoms with Crippen LogP contribution in [-0.4, -0.2) is 103 Å². The van der Waals surface area contributed by atoms with Gasteiger partial charge in [-0.2, -0.15) is 0 Å². The van der Waals surface area contributed by atoms with Crippen molar-refractivity contribution in [2.75, 3.05) is 58.3 Å². The Hall–Kier alpha value is -1.95. The fourth-order valence-electron chi connectivity index (χ4n) is 3.88. The molecule has 168 valence electrons. The van der Waals surface area contributed by atoms with E-state index < -0.39 is 16.1 Å².